The van der Waals surface area contributed by atoms with Gasteiger partial charge in [-0.2, -0.15) is 0 Å². The normalized spacial score (nSPS) is 15.9. The van der Waals surface area contributed by atoms with Gasteiger partial charge in [0.25, 0.3) is 5.69 Å². The van der Waals surface area contributed by atoms with Gasteiger partial charge in [-0.25, -0.2) is 9.59 Å². The summed E-state index contributed by atoms with van der Waals surface area (Å²) < 4.78 is 9.83. The molecule has 1 aromatic carbocycles. The number of methoxy groups -OCH3 is 2. The number of rotatable bonds is 5. The average molecular weight is 374 g/mol. The number of nitro benzene ring substituents is 1. The highest BCUT2D eigenvalue weighted by atomic mass is 16.6. The molecule has 1 unspecified atom stereocenters. The van der Waals surface area contributed by atoms with Gasteiger partial charge in [-0.15, -0.1) is 0 Å². The zero-order chi connectivity index (χ0) is 20.3. The van der Waals surface area contributed by atoms with Gasteiger partial charge < -0.3 is 14.8 Å². The summed E-state index contributed by atoms with van der Waals surface area (Å²) in [7, 11) is 2.53. The second-order valence-electron chi connectivity index (χ2n) is 6.30. The molecule has 0 saturated carbocycles. The molecule has 144 valence electrons. The van der Waals surface area contributed by atoms with E-state index in [4.69, 9.17) is 9.47 Å². The van der Waals surface area contributed by atoms with Crippen LogP contribution in [-0.2, 0) is 19.1 Å². The molecule has 0 amide bonds. The van der Waals surface area contributed by atoms with Crippen molar-refractivity contribution in [3.05, 3.63) is 62.5 Å². The van der Waals surface area contributed by atoms with Crippen LogP contribution in [-0.4, -0.2) is 31.1 Å². The molecule has 0 bridgehead atoms. The average Bonchev–Trinajstić information content (AvgIpc) is 2.65. The molecular formula is C19H22N2O6. The number of nitro groups is 1. The smallest absolute Gasteiger partial charge is 0.336 e. The molecule has 27 heavy (non-hydrogen) atoms. The first-order valence-corrected chi connectivity index (χ1v) is 8.32. The highest BCUT2D eigenvalue weighted by molar-refractivity contribution is 5.98. The summed E-state index contributed by atoms with van der Waals surface area (Å²) in [6, 6.07) is 6.15. The Morgan fingerprint density at radius 2 is 1.63 bits per heavy atom. The molecule has 1 heterocycles. The second-order valence-corrected chi connectivity index (χ2v) is 6.30. The van der Waals surface area contributed by atoms with Gasteiger partial charge in [0.05, 0.1) is 30.3 Å². The van der Waals surface area contributed by atoms with Gasteiger partial charge in [-0.05, 0) is 25.3 Å². The number of carbonyl (C=O) groups is 2. The number of ether oxygens (including phenoxy) is 2. The molecule has 1 aliphatic heterocycles. The van der Waals surface area contributed by atoms with Crippen LogP contribution in [0.2, 0.25) is 0 Å². The lowest BCUT2D eigenvalue weighted by Gasteiger charge is -2.33. The minimum absolute atomic E-state index is 0.0612. The van der Waals surface area contributed by atoms with Gasteiger partial charge in [-0.3, -0.25) is 10.1 Å². The molecule has 2 rings (SSSR count). The first-order chi connectivity index (χ1) is 12.7. The van der Waals surface area contributed by atoms with Crippen molar-refractivity contribution in [3.63, 3.8) is 0 Å². The highest BCUT2D eigenvalue weighted by Crippen LogP contribution is 2.41. The fourth-order valence-corrected chi connectivity index (χ4v) is 3.42. The number of non-ortho nitro benzene ring substituents is 1. The van der Waals surface area contributed by atoms with E-state index >= 15 is 0 Å². The SMILES string of the molecule is COC(=O)C1=C(C)NC(C)=C(C(=O)OC)C1C(C)c1cccc([N+](=O)[O-])c1. The zero-order valence-corrected chi connectivity index (χ0v) is 15.9. The molecule has 0 aromatic heterocycles. The van der Waals surface area contributed by atoms with E-state index < -0.39 is 28.7 Å². The molecule has 0 radical (unpaired) electrons. The molecule has 0 spiro atoms. The fourth-order valence-electron chi connectivity index (χ4n) is 3.42. The maximum Gasteiger partial charge on any atom is 0.336 e. The minimum Gasteiger partial charge on any atom is -0.466 e. The molecule has 1 N–H and O–H groups in total. The molecule has 1 aromatic rings. The van der Waals surface area contributed by atoms with E-state index in [2.05, 4.69) is 5.32 Å². The van der Waals surface area contributed by atoms with E-state index in [0.717, 1.165) is 0 Å². The fraction of sp³-hybridized carbons (Fsp3) is 0.368. The Morgan fingerprint density at radius 3 is 2.07 bits per heavy atom. The van der Waals surface area contributed by atoms with Crippen LogP contribution in [0.25, 0.3) is 0 Å². The van der Waals surface area contributed by atoms with Crippen molar-refractivity contribution in [3.8, 4) is 0 Å². The lowest BCUT2D eigenvalue weighted by molar-refractivity contribution is -0.384. The predicted molar refractivity (Wildman–Crippen MR) is 97.6 cm³/mol. The van der Waals surface area contributed by atoms with Crippen LogP contribution in [0.4, 0.5) is 5.69 Å². The molecule has 1 atom stereocenters. The summed E-state index contributed by atoms with van der Waals surface area (Å²) in [4.78, 5) is 35.6. The van der Waals surface area contributed by atoms with Crippen LogP contribution in [0.5, 0.6) is 0 Å². The number of hydrogen-bond acceptors (Lipinski definition) is 7. The molecular weight excluding hydrogens is 352 g/mol. The summed E-state index contributed by atoms with van der Waals surface area (Å²) in [5, 5.41) is 14.1. The van der Waals surface area contributed by atoms with Crippen LogP contribution in [0.3, 0.4) is 0 Å². The van der Waals surface area contributed by atoms with E-state index in [1.807, 2.05) is 6.92 Å². The van der Waals surface area contributed by atoms with E-state index in [0.29, 0.717) is 28.1 Å². The Bertz CT molecular complexity index is 818. The van der Waals surface area contributed by atoms with Crippen molar-refractivity contribution in [1.29, 1.82) is 0 Å². The van der Waals surface area contributed by atoms with Gasteiger partial charge >= 0.3 is 11.9 Å². The highest BCUT2D eigenvalue weighted by Gasteiger charge is 2.40. The maximum absolute atomic E-state index is 12.5. The number of benzene rings is 1. The van der Waals surface area contributed by atoms with Gasteiger partial charge in [-0.1, -0.05) is 19.1 Å². The first kappa shape index (κ1) is 20.2. The van der Waals surface area contributed by atoms with Crippen molar-refractivity contribution >= 4 is 17.6 Å². The lowest BCUT2D eigenvalue weighted by Crippen LogP contribution is -2.35. The first-order valence-electron chi connectivity index (χ1n) is 8.32. The van der Waals surface area contributed by atoms with Gasteiger partial charge in [0.2, 0.25) is 0 Å². The van der Waals surface area contributed by atoms with Crippen molar-refractivity contribution in [2.45, 2.75) is 26.7 Å². The quantitative estimate of drug-likeness (QED) is 0.479. The summed E-state index contributed by atoms with van der Waals surface area (Å²) in [6.07, 6.45) is 0. The third-order valence-electron chi connectivity index (χ3n) is 4.72. The Morgan fingerprint density at radius 1 is 1.11 bits per heavy atom. The Balaban J connectivity index is 2.65. The van der Waals surface area contributed by atoms with E-state index in [-0.39, 0.29) is 5.69 Å². The van der Waals surface area contributed by atoms with Gasteiger partial charge in [0.15, 0.2) is 0 Å². The monoisotopic (exact) mass is 374 g/mol. The lowest BCUT2D eigenvalue weighted by atomic mass is 9.74. The molecule has 0 aliphatic carbocycles. The zero-order valence-electron chi connectivity index (χ0n) is 15.9. The minimum atomic E-state index is -0.673. The summed E-state index contributed by atoms with van der Waals surface area (Å²) in [5.74, 6) is -2.24. The van der Waals surface area contributed by atoms with Crippen molar-refractivity contribution in [1.82, 2.24) is 5.32 Å². The number of nitrogens with one attached hydrogen (secondary N) is 1. The Kier molecular flexibility index (Phi) is 5.99. The summed E-state index contributed by atoms with van der Waals surface area (Å²) in [6.45, 7) is 5.25. The van der Waals surface area contributed by atoms with Crippen molar-refractivity contribution in [2.24, 2.45) is 5.92 Å². The second kappa shape index (κ2) is 8.03. The van der Waals surface area contributed by atoms with Crippen LogP contribution < -0.4 is 5.32 Å². The molecule has 1 aliphatic rings. The molecule has 0 saturated heterocycles. The number of carbonyl (C=O) groups excluding carboxylic acids is 2. The molecule has 0 fully saturated rings. The van der Waals surface area contributed by atoms with E-state index in [1.165, 1.54) is 26.4 Å². The Hall–Kier alpha value is -3.16. The predicted octanol–water partition coefficient (Wildman–Crippen LogP) is 2.81. The van der Waals surface area contributed by atoms with Crippen LogP contribution in [0.1, 0.15) is 32.3 Å². The van der Waals surface area contributed by atoms with E-state index in [9.17, 15) is 19.7 Å². The topological polar surface area (TPSA) is 108 Å². The number of nitrogens with zero attached hydrogens (tertiary/aromatic N) is 1. The van der Waals surface area contributed by atoms with Crippen molar-refractivity contribution in [2.75, 3.05) is 14.2 Å². The Labute approximate surface area is 157 Å². The molecule has 8 nitrogen and oxygen atoms in total. The van der Waals surface area contributed by atoms with Crippen LogP contribution in [0.15, 0.2) is 46.8 Å². The third-order valence-corrected chi connectivity index (χ3v) is 4.72. The maximum atomic E-state index is 12.5. The third kappa shape index (κ3) is 3.84. The molecule has 8 heteroatoms. The van der Waals surface area contributed by atoms with Crippen LogP contribution in [0, 0.1) is 16.0 Å². The summed E-state index contributed by atoms with van der Waals surface area (Å²) in [5.41, 5.74) is 2.28. The number of dihydropyridines is 1. The van der Waals surface area contributed by atoms with Gasteiger partial charge in [0, 0.05) is 29.4 Å². The number of allylic oxidation sites excluding steroid dienone is 2. The van der Waals surface area contributed by atoms with Crippen LogP contribution >= 0.6 is 0 Å². The standard InChI is InChI=1S/C19H22N2O6/c1-10(13-7-6-8-14(9-13)21(24)25)15-16(18(22)26-4)11(2)20-12(3)17(15)19(23)27-5/h6-10,15,20H,1-5H3. The number of esters is 2. The number of hydrogen-bond donors (Lipinski definition) is 1. The summed E-state index contributed by atoms with van der Waals surface area (Å²) >= 11 is 0. The van der Waals surface area contributed by atoms with Crippen molar-refractivity contribution < 1.29 is 24.0 Å². The van der Waals surface area contributed by atoms with Gasteiger partial charge in [0.1, 0.15) is 0 Å². The largest absolute Gasteiger partial charge is 0.466 e. The van der Waals surface area contributed by atoms with E-state index in [1.54, 1.807) is 26.0 Å².